The van der Waals surface area contributed by atoms with Gasteiger partial charge in [0.15, 0.2) is 5.76 Å². The lowest BCUT2D eigenvalue weighted by Crippen LogP contribution is -2.02. The number of methoxy groups -OCH3 is 1. The molecule has 4 heteroatoms. The Hall–Kier alpha value is -2.07. The van der Waals surface area contributed by atoms with Crippen molar-refractivity contribution in [3.05, 3.63) is 64.3 Å². The van der Waals surface area contributed by atoms with Gasteiger partial charge in [0.05, 0.1) is 11.6 Å². The van der Waals surface area contributed by atoms with Crippen LogP contribution < -0.4 is 4.74 Å². The van der Waals surface area contributed by atoms with E-state index in [1.54, 1.807) is 13.2 Å². The molecule has 106 valence electrons. The minimum atomic E-state index is -0.0386. The second-order valence-corrected chi connectivity index (χ2v) is 5.57. The molecule has 3 nitrogen and oxygen atoms in total. The summed E-state index contributed by atoms with van der Waals surface area (Å²) < 4.78 is 11.6. The lowest BCUT2D eigenvalue weighted by atomic mass is 10.1. The van der Waals surface area contributed by atoms with E-state index in [1.807, 2.05) is 42.5 Å². The van der Waals surface area contributed by atoms with Crippen molar-refractivity contribution in [3.63, 3.8) is 0 Å². The van der Waals surface area contributed by atoms with Crippen molar-refractivity contribution in [1.82, 2.24) is 0 Å². The minimum Gasteiger partial charge on any atom is -0.496 e. The third-order valence-corrected chi connectivity index (χ3v) is 3.90. The first kappa shape index (κ1) is 13.9. The first-order valence-corrected chi connectivity index (χ1v) is 7.31. The van der Waals surface area contributed by atoms with Crippen LogP contribution >= 0.6 is 15.9 Å². The third-order valence-electron chi connectivity index (χ3n) is 3.28. The number of halogens is 1. The highest BCUT2D eigenvalue weighted by atomic mass is 79.9. The van der Waals surface area contributed by atoms with Gasteiger partial charge in [0.2, 0.25) is 5.78 Å². The lowest BCUT2D eigenvalue weighted by Gasteiger charge is -2.05. The predicted octanol–water partition coefficient (Wildman–Crippen LogP) is 4.63. The normalized spacial score (nSPS) is 10.8. The molecule has 1 heterocycles. The van der Waals surface area contributed by atoms with Gasteiger partial charge in [-0.05, 0) is 45.8 Å². The third kappa shape index (κ3) is 2.85. The average molecular weight is 345 g/mol. The summed E-state index contributed by atoms with van der Waals surface area (Å²) >= 11 is 3.42. The smallest absolute Gasteiger partial charge is 0.202 e. The summed E-state index contributed by atoms with van der Waals surface area (Å²) in [5, 5.41) is 0.941. The van der Waals surface area contributed by atoms with E-state index in [2.05, 4.69) is 15.9 Å². The van der Waals surface area contributed by atoms with E-state index in [0.29, 0.717) is 12.2 Å². The fourth-order valence-electron chi connectivity index (χ4n) is 2.21. The highest BCUT2D eigenvalue weighted by molar-refractivity contribution is 9.10. The van der Waals surface area contributed by atoms with E-state index in [1.165, 1.54) is 0 Å². The molecule has 3 rings (SSSR count). The number of Topliss-reactive ketones (excluding diaryl/α,β-unsaturated/α-hetero) is 1. The van der Waals surface area contributed by atoms with Crippen molar-refractivity contribution in [3.8, 4) is 5.75 Å². The molecule has 0 aliphatic heterocycles. The fraction of sp³-hybridized carbons (Fsp3) is 0.118. The predicted molar refractivity (Wildman–Crippen MR) is 84.9 cm³/mol. The van der Waals surface area contributed by atoms with Gasteiger partial charge in [-0.3, -0.25) is 4.79 Å². The second-order valence-electron chi connectivity index (χ2n) is 4.72. The summed E-state index contributed by atoms with van der Waals surface area (Å²) in [7, 11) is 1.61. The van der Waals surface area contributed by atoms with Crippen molar-refractivity contribution in [2.75, 3.05) is 7.11 Å². The maximum absolute atomic E-state index is 12.3. The van der Waals surface area contributed by atoms with Crippen LogP contribution in [-0.4, -0.2) is 12.9 Å². The number of ether oxygens (including phenoxy) is 1. The summed E-state index contributed by atoms with van der Waals surface area (Å²) in [5.41, 5.74) is 1.64. The zero-order valence-corrected chi connectivity index (χ0v) is 13.0. The van der Waals surface area contributed by atoms with Gasteiger partial charge in [-0.15, -0.1) is 0 Å². The number of carbonyl (C=O) groups is 1. The Labute approximate surface area is 130 Å². The minimum absolute atomic E-state index is 0.0386. The fourth-order valence-corrected chi connectivity index (χ4v) is 2.80. The number of furan rings is 1. The summed E-state index contributed by atoms with van der Waals surface area (Å²) in [5.74, 6) is 1.10. The number of hydrogen-bond donors (Lipinski definition) is 0. The number of fused-ring (bicyclic) bond motifs is 1. The molecule has 0 aliphatic carbocycles. The monoisotopic (exact) mass is 344 g/mol. The molecule has 0 fully saturated rings. The van der Waals surface area contributed by atoms with E-state index in [-0.39, 0.29) is 5.78 Å². The molecule has 0 spiro atoms. The van der Waals surface area contributed by atoms with Gasteiger partial charge < -0.3 is 9.15 Å². The molecule has 0 amide bonds. The SMILES string of the molecule is COc1ccc(CC(=O)c2cc3ccccc3o2)cc1Br. The molecular formula is C17H13BrO3. The Morgan fingerprint density at radius 3 is 2.71 bits per heavy atom. The van der Waals surface area contributed by atoms with E-state index in [0.717, 1.165) is 26.8 Å². The maximum atomic E-state index is 12.3. The average Bonchev–Trinajstić information content (AvgIpc) is 2.91. The van der Waals surface area contributed by atoms with Gasteiger partial charge >= 0.3 is 0 Å². The quantitative estimate of drug-likeness (QED) is 0.647. The van der Waals surface area contributed by atoms with Gasteiger partial charge in [-0.25, -0.2) is 0 Å². The highest BCUT2D eigenvalue weighted by Crippen LogP contribution is 2.26. The molecule has 3 aromatic rings. The van der Waals surface area contributed by atoms with Crippen molar-refractivity contribution < 1.29 is 13.9 Å². The molecule has 0 bridgehead atoms. The van der Waals surface area contributed by atoms with Crippen LogP contribution in [0, 0.1) is 0 Å². The Balaban J connectivity index is 1.84. The van der Waals surface area contributed by atoms with Crippen LogP contribution in [0.2, 0.25) is 0 Å². The Bertz CT molecular complexity index is 772. The van der Waals surface area contributed by atoms with Gasteiger partial charge in [0.25, 0.3) is 0 Å². The van der Waals surface area contributed by atoms with Crippen molar-refractivity contribution in [1.29, 1.82) is 0 Å². The van der Waals surface area contributed by atoms with E-state index < -0.39 is 0 Å². The molecule has 0 N–H and O–H groups in total. The van der Waals surface area contributed by atoms with E-state index in [4.69, 9.17) is 9.15 Å². The molecular weight excluding hydrogens is 332 g/mol. The summed E-state index contributed by atoms with van der Waals surface area (Å²) in [6.07, 6.45) is 0.294. The molecule has 0 radical (unpaired) electrons. The van der Waals surface area contributed by atoms with Crippen LogP contribution in [0.3, 0.4) is 0 Å². The molecule has 2 aromatic carbocycles. The number of hydrogen-bond acceptors (Lipinski definition) is 3. The first-order chi connectivity index (χ1) is 10.2. The summed E-state index contributed by atoms with van der Waals surface area (Å²) in [6.45, 7) is 0. The van der Waals surface area contributed by atoms with Gasteiger partial charge in [-0.1, -0.05) is 24.3 Å². The Morgan fingerprint density at radius 1 is 1.19 bits per heavy atom. The summed E-state index contributed by atoms with van der Waals surface area (Å²) in [4.78, 5) is 12.3. The second kappa shape index (κ2) is 5.74. The number of rotatable bonds is 4. The Morgan fingerprint density at radius 2 is 2.00 bits per heavy atom. The zero-order valence-electron chi connectivity index (χ0n) is 11.4. The van der Waals surface area contributed by atoms with Crippen LogP contribution in [0.4, 0.5) is 0 Å². The lowest BCUT2D eigenvalue weighted by molar-refractivity contribution is 0.0968. The molecule has 0 saturated carbocycles. The van der Waals surface area contributed by atoms with E-state index in [9.17, 15) is 4.79 Å². The van der Waals surface area contributed by atoms with Crippen LogP contribution in [0.25, 0.3) is 11.0 Å². The van der Waals surface area contributed by atoms with Crippen LogP contribution in [0.15, 0.2) is 57.4 Å². The zero-order chi connectivity index (χ0) is 14.8. The number of benzene rings is 2. The molecule has 21 heavy (non-hydrogen) atoms. The van der Waals surface area contributed by atoms with Crippen molar-refractivity contribution in [2.45, 2.75) is 6.42 Å². The van der Waals surface area contributed by atoms with Gasteiger partial charge in [-0.2, -0.15) is 0 Å². The maximum Gasteiger partial charge on any atom is 0.202 e. The molecule has 0 unspecified atom stereocenters. The summed E-state index contributed by atoms with van der Waals surface area (Å²) in [6, 6.07) is 15.0. The van der Waals surface area contributed by atoms with Crippen LogP contribution in [0.1, 0.15) is 16.1 Å². The topological polar surface area (TPSA) is 39.4 Å². The molecule has 0 aliphatic rings. The van der Waals surface area contributed by atoms with E-state index >= 15 is 0 Å². The van der Waals surface area contributed by atoms with Gasteiger partial charge in [0, 0.05) is 11.8 Å². The van der Waals surface area contributed by atoms with Crippen LogP contribution in [0.5, 0.6) is 5.75 Å². The van der Waals surface area contributed by atoms with Crippen molar-refractivity contribution in [2.24, 2.45) is 0 Å². The standard InChI is InChI=1S/C17H13BrO3/c1-20-16-7-6-11(8-13(16)18)9-14(19)17-10-12-4-2-3-5-15(12)21-17/h2-8,10H,9H2,1H3. The largest absolute Gasteiger partial charge is 0.496 e. The molecule has 0 atom stereocenters. The van der Waals surface area contributed by atoms with Crippen LogP contribution in [-0.2, 0) is 6.42 Å². The molecule has 1 aromatic heterocycles. The number of carbonyl (C=O) groups excluding carboxylic acids is 1. The molecule has 0 saturated heterocycles. The van der Waals surface area contributed by atoms with Crippen molar-refractivity contribution >= 4 is 32.7 Å². The highest BCUT2D eigenvalue weighted by Gasteiger charge is 2.13. The number of ketones is 1. The number of para-hydroxylation sites is 1. The first-order valence-electron chi connectivity index (χ1n) is 6.51. The Kier molecular flexibility index (Phi) is 3.80. The van der Waals surface area contributed by atoms with Gasteiger partial charge in [0.1, 0.15) is 11.3 Å².